The fourth-order valence-electron chi connectivity index (χ4n) is 5.82. The van der Waals surface area contributed by atoms with Crippen LogP contribution in [0.25, 0.3) is 0 Å². The summed E-state index contributed by atoms with van der Waals surface area (Å²) in [4.78, 5) is 0. The zero-order valence-electron chi connectivity index (χ0n) is 14.5. The van der Waals surface area contributed by atoms with Gasteiger partial charge in [-0.1, -0.05) is 38.0 Å². The van der Waals surface area contributed by atoms with Gasteiger partial charge in [0.2, 0.25) is 0 Å². The van der Waals surface area contributed by atoms with E-state index in [0.717, 1.165) is 12.3 Å². The van der Waals surface area contributed by atoms with Gasteiger partial charge in [0, 0.05) is 0 Å². The Labute approximate surface area is 130 Å². The minimum Gasteiger partial charge on any atom is -0.389 e. The summed E-state index contributed by atoms with van der Waals surface area (Å²) in [6.07, 6.45) is 9.41. The maximum absolute atomic E-state index is 11.0. The molecule has 118 valence electrons. The number of hydrogen-bond acceptors (Lipinski definition) is 1. The van der Waals surface area contributed by atoms with Crippen LogP contribution < -0.4 is 0 Å². The lowest BCUT2D eigenvalue weighted by Gasteiger charge is -2.53. The summed E-state index contributed by atoms with van der Waals surface area (Å²) in [5, 5.41) is 11.0. The average molecular weight is 288 g/mol. The molecule has 3 unspecified atom stereocenters. The van der Waals surface area contributed by atoms with Gasteiger partial charge in [-0.05, 0) is 80.6 Å². The maximum atomic E-state index is 11.0. The highest BCUT2D eigenvalue weighted by Crippen LogP contribution is 2.57. The van der Waals surface area contributed by atoms with Crippen LogP contribution in [0.15, 0.2) is 22.8 Å². The van der Waals surface area contributed by atoms with Crippen LogP contribution in [0, 0.1) is 22.7 Å². The van der Waals surface area contributed by atoms with E-state index in [9.17, 15) is 5.11 Å². The number of allylic oxidation sites excluding steroid dienone is 3. The van der Waals surface area contributed by atoms with Crippen molar-refractivity contribution in [1.82, 2.24) is 0 Å². The molecule has 1 fully saturated rings. The molecule has 0 spiro atoms. The molecule has 0 heterocycles. The number of fused-ring (bicyclic) bond motifs is 3. The van der Waals surface area contributed by atoms with Crippen molar-refractivity contribution in [2.24, 2.45) is 22.7 Å². The molecule has 3 rings (SSSR count). The van der Waals surface area contributed by atoms with Crippen molar-refractivity contribution >= 4 is 0 Å². The Hall–Kier alpha value is -0.560. The van der Waals surface area contributed by atoms with Gasteiger partial charge in [0.15, 0.2) is 0 Å². The summed E-state index contributed by atoms with van der Waals surface area (Å²) >= 11 is 0. The lowest BCUT2D eigenvalue weighted by Crippen LogP contribution is -2.46. The Kier molecular flexibility index (Phi) is 3.64. The van der Waals surface area contributed by atoms with Crippen molar-refractivity contribution in [2.75, 3.05) is 0 Å². The van der Waals surface area contributed by atoms with Crippen LogP contribution in [-0.4, -0.2) is 11.2 Å². The second-order valence-electron chi connectivity index (χ2n) is 8.80. The monoisotopic (exact) mass is 288 g/mol. The van der Waals surface area contributed by atoms with Crippen LogP contribution in [0.5, 0.6) is 0 Å². The normalized spacial score (nSPS) is 42.8. The molecule has 21 heavy (non-hydrogen) atoms. The predicted octanol–water partition coefficient (Wildman–Crippen LogP) is 5.26. The standard InChI is InChI=1S/C20H32O/c1-13-7-6-10-20(5)12-17(21)18-14(2)8-9-15(11-16(13)20)19(18,3)4/h7,15-17,21H,6,8-12H2,1-5H3/t15?,16?,17?,20-/m0/s1. The molecular weight excluding hydrogens is 256 g/mol. The molecule has 1 nitrogen and oxygen atoms in total. The highest BCUT2D eigenvalue weighted by atomic mass is 16.3. The molecule has 0 aliphatic heterocycles. The van der Waals surface area contributed by atoms with E-state index in [1.807, 2.05) is 0 Å². The van der Waals surface area contributed by atoms with Gasteiger partial charge < -0.3 is 5.11 Å². The Morgan fingerprint density at radius 3 is 2.62 bits per heavy atom. The minimum atomic E-state index is -0.235. The molecule has 0 amide bonds. The average Bonchev–Trinajstić information content (AvgIpc) is 2.34. The summed E-state index contributed by atoms with van der Waals surface area (Å²) in [5.41, 5.74) is 4.89. The van der Waals surface area contributed by atoms with Gasteiger partial charge in [0.05, 0.1) is 6.10 Å². The SMILES string of the molecule is CC1=CCC[C@@]2(C)CC(O)C3=C(C)CCC(CC12)C3(C)C. The topological polar surface area (TPSA) is 20.2 Å². The second-order valence-corrected chi connectivity index (χ2v) is 8.80. The fourth-order valence-corrected chi connectivity index (χ4v) is 5.82. The molecule has 0 aromatic carbocycles. The van der Waals surface area contributed by atoms with Crippen LogP contribution in [0.2, 0.25) is 0 Å². The summed E-state index contributed by atoms with van der Waals surface area (Å²) in [6.45, 7) is 11.8. The summed E-state index contributed by atoms with van der Waals surface area (Å²) in [5.74, 6) is 1.39. The van der Waals surface area contributed by atoms with Gasteiger partial charge in [0.25, 0.3) is 0 Å². The third kappa shape index (κ3) is 2.32. The third-order valence-electron chi connectivity index (χ3n) is 7.13. The smallest absolute Gasteiger partial charge is 0.0763 e. The molecular formula is C20H32O. The van der Waals surface area contributed by atoms with Crippen molar-refractivity contribution in [2.45, 2.75) is 79.2 Å². The third-order valence-corrected chi connectivity index (χ3v) is 7.13. The number of rotatable bonds is 0. The summed E-state index contributed by atoms with van der Waals surface area (Å²) in [6, 6.07) is 0. The van der Waals surface area contributed by atoms with Gasteiger partial charge in [-0.15, -0.1) is 0 Å². The van der Waals surface area contributed by atoms with Crippen molar-refractivity contribution in [3.8, 4) is 0 Å². The molecule has 1 saturated carbocycles. The molecule has 0 aromatic rings. The first-order valence-corrected chi connectivity index (χ1v) is 8.80. The summed E-state index contributed by atoms with van der Waals surface area (Å²) in [7, 11) is 0. The number of aliphatic hydroxyl groups excluding tert-OH is 1. The van der Waals surface area contributed by atoms with E-state index in [0.29, 0.717) is 5.92 Å². The van der Waals surface area contributed by atoms with Crippen LogP contribution in [-0.2, 0) is 0 Å². The second kappa shape index (κ2) is 4.98. The van der Waals surface area contributed by atoms with Crippen molar-refractivity contribution < 1.29 is 5.11 Å². The molecule has 0 aromatic heterocycles. The van der Waals surface area contributed by atoms with Crippen LogP contribution in [0.3, 0.4) is 0 Å². The largest absolute Gasteiger partial charge is 0.389 e. The van der Waals surface area contributed by atoms with Gasteiger partial charge in [0.1, 0.15) is 0 Å². The van der Waals surface area contributed by atoms with E-state index in [2.05, 4.69) is 40.7 Å². The molecule has 0 radical (unpaired) electrons. The van der Waals surface area contributed by atoms with Crippen molar-refractivity contribution in [1.29, 1.82) is 0 Å². The van der Waals surface area contributed by atoms with E-state index in [4.69, 9.17) is 0 Å². The number of aliphatic hydroxyl groups is 1. The van der Waals surface area contributed by atoms with Crippen LogP contribution in [0.4, 0.5) is 0 Å². The van der Waals surface area contributed by atoms with Crippen LogP contribution >= 0.6 is 0 Å². The first kappa shape index (κ1) is 15.3. The molecule has 4 atom stereocenters. The lowest BCUT2D eigenvalue weighted by atomic mass is 9.53. The van der Waals surface area contributed by atoms with Gasteiger partial charge in [-0.25, -0.2) is 0 Å². The Morgan fingerprint density at radius 2 is 1.90 bits per heavy atom. The Balaban J connectivity index is 2.07. The quantitative estimate of drug-likeness (QED) is 0.603. The molecule has 3 aliphatic carbocycles. The predicted molar refractivity (Wildman–Crippen MR) is 89.0 cm³/mol. The summed E-state index contributed by atoms with van der Waals surface area (Å²) < 4.78 is 0. The first-order chi connectivity index (χ1) is 9.75. The fraction of sp³-hybridized carbons (Fsp3) is 0.800. The Bertz CT molecular complexity index is 496. The highest BCUT2D eigenvalue weighted by Gasteiger charge is 2.49. The molecule has 3 aliphatic rings. The van der Waals surface area contributed by atoms with E-state index in [-0.39, 0.29) is 16.9 Å². The number of hydrogen-bond donors (Lipinski definition) is 1. The van der Waals surface area contributed by atoms with Gasteiger partial charge in [-0.3, -0.25) is 0 Å². The van der Waals surface area contributed by atoms with Crippen molar-refractivity contribution in [3.05, 3.63) is 22.8 Å². The van der Waals surface area contributed by atoms with E-state index < -0.39 is 0 Å². The van der Waals surface area contributed by atoms with Crippen LogP contribution in [0.1, 0.15) is 73.1 Å². The van der Waals surface area contributed by atoms with Crippen molar-refractivity contribution in [3.63, 3.8) is 0 Å². The lowest BCUT2D eigenvalue weighted by molar-refractivity contribution is 0.0176. The molecule has 0 saturated heterocycles. The maximum Gasteiger partial charge on any atom is 0.0763 e. The Morgan fingerprint density at radius 1 is 1.19 bits per heavy atom. The minimum absolute atomic E-state index is 0.167. The zero-order chi connectivity index (χ0) is 15.4. The van der Waals surface area contributed by atoms with E-state index in [1.165, 1.54) is 43.3 Å². The molecule has 2 bridgehead atoms. The van der Waals surface area contributed by atoms with E-state index >= 15 is 0 Å². The molecule has 1 heteroatoms. The zero-order valence-corrected chi connectivity index (χ0v) is 14.5. The first-order valence-electron chi connectivity index (χ1n) is 8.80. The van der Waals surface area contributed by atoms with E-state index in [1.54, 1.807) is 5.57 Å². The van der Waals surface area contributed by atoms with Gasteiger partial charge in [-0.2, -0.15) is 0 Å². The molecule has 1 N–H and O–H groups in total. The highest BCUT2D eigenvalue weighted by molar-refractivity contribution is 5.30. The van der Waals surface area contributed by atoms with Gasteiger partial charge >= 0.3 is 0 Å².